The van der Waals surface area contributed by atoms with Gasteiger partial charge in [-0.2, -0.15) is 0 Å². The van der Waals surface area contributed by atoms with E-state index in [1.807, 2.05) is 84.9 Å². The third-order valence-electron chi connectivity index (χ3n) is 5.44. The summed E-state index contributed by atoms with van der Waals surface area (Å²) < 4.78 is 0. The first kappa shape index (κ1) is 20.5. The Hall–Kier alpha value is -3.78. The van der Waals surface area contributed by atoms with Crippen molar-refractivity contribution in [1.82, 2.24) is 0 Å². The molecule has 31 heavy (non-hydrogen) atoms. The second kappa shape index (κ2) is 9.82. The van der Waals surface area contributed by atoms with Crippen molar-refractivity contribution >= 4 is 11.6 Å². The number of benzene rings is 4. The molecule has 0 aromatic heterocycles. The number of hydrogen-bond donors (Lipinski definition) is 0. The largest absolute Gasteiger partial charge is 0.294 e. The molecule has 0 saturated heterocycles. The van der Waals surface area contributed by atoms with Crippen LogP contribution < -0.4 is 0 Å². The predicted molar refractivity (Wildman–Crippen MR) is 126 cm³/mol. The fraction of sp³-hybridized carbons (Fsp3) is 0.103. The molecule has 0 aliphatic carbocycles. The van der Waals surface area contributed by atoms with Gasteiger partial charge in [-0.25, -0.2) is 0 Å². The van der Waals surface area contributed by atoms with E-state index in [0.29, 0.717) is 30.4 Å². The van der Waals surface area contributed by atoms with Crippen LogP contribution in [-0.4, -0.2) is 11.6 Å². The van der Waals surface area contributed by atoms with Crippen molar-refractivity contribution in [3.05, 3.63) is 120 Å². The first-order valence-electron chi connectivity index (χ1n) is 10.6. The number of rotatable bonds is 8. The Morgan fingerprint density at radius 2 is 0.742 bits per heavy atom. The number of carbonyl (C=O) groups excluding carboxylic acids is 2. The highest BCUT2D eigenvalue weighted by atomic mass is 16.1. The minimum atomic E-state index is 0.0758. The van der Waals surface area contributed by atoms with Crippen LogP contribution in [0.15, 0.2) is 109 Å². The molecule has 0 unspecified atom stereocenters. The van der Waals surface area contributed by atoms with Gasteiger partial charge in [-0.05, 0) is 28.7 Å². The lowest BCUT2D eigenvalue weighted by Gasteiger charge is -2.06. The molecule has 4 aromatic carbocycles. The maximum Gasteiger partial charge on any atom is 0.162 e. The van der Waals surface area contributed by atoms with Crippen molar-refractivity contribution in [3.63, 3.8) is 0 Å². The van der Waals surface area contributed by atoms with Gasteiger partial charge >= 0.3 is 0 Å². The van der Waals surface area contributed by atoms with Crippen molar-refractivity contribution in [3.8, 4) is 22.3 Å². The molecule has 0 bridgehead atoms. The maximum atomic E-state index is 12.5. The lowest BCUT2D eigenvalue weighted by atomic mass is 9.98. The Morgan fingerprint density at radius 1 is 0.419 bits per heavy atom. The van der Waals surface area contributed by atoms with Crippen LogP contribution in [-0.2, 0) is 0 Å². The summed E-state index contributed by atoms with van der Waals surface area (Å²) in [7, 11) is 0. The summed E-state index contributed by atoms with van der Waals surface area (Å²) in [5.41, 5.74) is 5.83. The summed E-state index contributed by atoms with van der Waals surface area (Å²) >= 11 is 0. The zero-order valence-electron chi connectivity index (χ0n) is 17.3. The molecule has 0 fully saturated rings. The van der Waals surface area contributed by atoms with E-state index < -0.39 is 0 Å². The fourth-order valence-corrected chi connectivity index (χ4v) is 3.66. The van der Waals surface area contributed by atoms with Crippen LogP contribution in [0.2, 0.25) is 0 Å². The molecule has 2 heteroatoms. The third-order valence-corrected chi connectivity index (χ3v) is 5.44. The Bertz CT molecular complexity index is 1050. The molecular formula is C29H24O2. The molecule has 0 radical (unpaired) electrons. The molecule has 0 atom stereocenters. The van der Waals surface area contributed by atoms with E-state index in [4.69, 9.17) is 0 Å². The average Bonchev–Trinajstić information content (AvgIpc) is 2.85. The van der Waals surface area contributed by atoms with E-state index in [2.05, 4.69) is 24.3 Å². The van der Waals surface area contributed by atoms with Gasteiger partial charge in [-0.3, -0.25) is 9.59 Å². The molecule has 4 rings (SSSR count). The monoisotopic (exact) mass is 404 g/mol. The maximum absolute atomic E-state index is 12.5. The van der Waals surface area contributed by atoms with Gasteiger partial charge in [0.05, 0.1) is 0 Å². The molecular weight excluding hydrogens is 380 g/mol. The van der Waals surface area contributed by atoms with E-state index in [-0.39, 0.29) is 11.6 Å². The Labute approximate surface area is 183 Å². The van der Waals surface area contributed by atoms with Gasteiger partial charge in [-0.1, -0.05) is 109 Å². The summed E-state index contributed by atoms with van der Waals surface area (Å²) in [5.74, 6) is 0.152. The summed E-state index contributed by atoms with van der Waals surface area (Å²) in [6, 6.07) is 35.6. The third kappa shape index (κ3) is 5.23. The highest BCUT2D eigenvalue weighted by Gasteiger charge is 2.10. The minimum Gasteiger partial charge on any atom is -0.294 e. The number of carbonyl (C=O) groups is 2. The molecule has 152 valence electrons. The minimum absolute atomic E-state index is 0.0758. The smallest absolute Gasteiger partial charge is 0.162 e. The molecule has 0 spiro atoms. The number of hydrogen-bond acceptors (Lipinski definition) is 2. The van der Waals surface area contributed by atoms with Crippen molar-refractivity contribution in [2.75, 3.05) is 0 Å². The van der Waals surface area contributed by atoms with Gasteiger partial charge in [0.2, 0.25) is 0 Å². The van der Waals surface area contributed by atoms with Crippen LogP contribution in [0, 0.1) is 0 Å². The van der Waals surface area contributed by atoms with Crippen molar-refractivity contribution in [2.24, 2.45) is 0 Å². The van der Waals surface area contributed by atoms with E-state index in [1.54, 1.807) is 0 Å². The van der Waals surface area contributed by atoms with Crippen LogP contribution >= 0.6 is 0 Å². The summed E-state index contributed by atoms with van der Waals surface area (Å²) in [5, 5.41) is 0. The summed E-state index contributed by atoms with van der Waals surface area (Å²) in [6.45, 7) is 0. The summed E-state index contributed by atoms with van der Waals surface area (Å²) in [4.78, 5) is 25.0. The normalized spacial score (nSPS) is 10.6. The molecule has 4 aromatic rings. The van der Waals surface area contributed by atoms with Gasteiger partial charge in [-0.15, -0.1) is 0 Å². The van der Waals surface area contributed by atoms with Gasteiger partial charge in [0, 0.05) is 24.0 Å². The van der Waals surface area contributed by atoms with Gasteiger partial charge in [0.1, 0.15) is 0 Å². The van der Waals surface area contributed by atoms with Gasteiger partial charge in [0.25, 0.3) is 0 Å². The number of Topliss-reactive ketones (excluding diaryl/α,β-unsaturated/α-hetero) is 2. The number of ketones is 2. The molecule has 0 N–H and O–H groups in total. The van der Waals surface area contributed by atoms with E-state index in [9.17, 15) is 9.59 Å². The second-order valence-electron chi connectivity index (χ2n) is 7.59. The Balaban J connectivity index is 1.29. The Kier molecular flexibility index (Phi) is 6.49. The van der Waals surface area contributed by atoms with Crippen LogP contribution in [0.3, 0.4) is 0 Å². The topological polar surface area (TPSA) is 34.1 Å². The first-order chi connectivity index (χ1) is 15.2. The zero-order chi connectivity index (χ0) is 21.5. The summed E-state index contributed by atoms with van der Waals surface area (Å²) in [6.07, 6.45) is 1.30. The zero-order valence-corrected chi connectivity index (χ0v) is 17.3. The van der Waals surface area contributed by atoms with Crippen LogP contribution in [0.4, 0.5) is 0 Å². The van der Waals surface area contributed by atoms with Crippen LogP contribution in [0.5, 0.6) is 0 Å². The molecule has 0 heterocycles. The van der Waals surface area contributed by atoms with E-state index in [0.717, 1.165) is 22.3 Å². The van der Waals surface area contributed by atoms with Crippen molar-refractivity contribution in [2.45, 2.75) is 19.3 Å². The second-order valence-corrected chi connectivity index (χ2v) is 7.59. The first-order valence-corrected chi connectivity index (χ1v) is 10.6. The van der Waals surface area contributed by atoms with Crippen LogP contribution in [0.25, 0.3) is 22.3 Å². The lowest BCUT2D eigenvalue weighted by molar-refractivity contribution is 0.0957. The molecule has 0 saturated carbocycles. The highest BCUT2D eigenvalue weighted by molar-refractivity contribution is 5.98. The SMILES string of the molecule is O=C(CCCC(=O)c1ccc(-c2ccccc2)cc1)c1ccc(-c2ccccc2)cc1. The van der Waals surface area contributed by atoms with E-state index in [1.165, 1.54) is 0 Å². The molecule has 0 aliphatic heterocycles. The predicted octanol–water partition coefficient (Wildman–Crippen LogP) is 7.26. The van der Waals surface area contributed by atoms with E-state index >= 15 is 0 Å². The fourth-order valence-electron chi connectivity index (χ4n) is 3.66. The van der Waals surface area contributed by atoms with Crippen LogP contribution in [0.1, 0.15) is 40.0 Å². The van der Waals surface area contributed by atoms with Crippen molar-refractivity contribution < 1.29 is 9.59 Å². The Morgan fingerprint density at radius 3 is 1.10 bits per heavy atom. The van der Waals surface area contributed by atoms with Crippen molar-refractivity contribution in [1.29, 1.82) is 0 Å². The molecule has 0 amide bonds. The van der Waals surface area contributed by atoms with Gasteiger partial charge in [0.15, 0.2) is 11.6 Å². The quantitative estimate of drug-likeness (QED) is 0.290. The average molecular weight is 405 g/mol. The standard InChI is InChI=1S/C29H24O2/c30-28(26-18-14-24(15-19-26)22-8-3-1-4-9-22)12-7-13-29(31)27-20-16-25(17-21-27)23-10-5-2-6-11-23/h1-6,8-11,14-21H,7,12-13H2. The molecule has 0 aliphatic rings. The molecule has 2 nitrogen and oxygen atoms in total. The lowest BCUT2D eigenvalue weighted by Crippen LogP contribution is -2.03. The van der Waals surface area contributed by atoms with Gasteiger partial charge < -0.3 is 0 Å². The highest BCUT2D eigenvalue weighted by Crippen LogP contribution is 2.21.